The predicted molar refractivity (Wildman–Crippen MR) is 75.5 cm³/mol. The van der Waals surface area contributed by atoms with Crippen molar-refractivity contribution in [1.29, 1.82) is 5.26 Å². The second kappa shape index (κ2) is 6.38. The fourth-order valence-electron chi connectivity index (χ4n) is 2.50. The Balaban J connectivity index is 2.23. The van der Waals surface area contributed by atoms with Gasteiger partial charge in [0.15, 0.2) is 0 Å². The van der Waals surface area contributed by atoms with Crippen molar-refractivity contribution in [3.05, 3.63) is 22.9 Å². The number of hydrogen-bond donors (Lipinski definition) is 2. The summed E-state index contributed by atoms with van der Waals surface area (Å²) in [5.74, 6) is -0.485. The maximum Gasteiger partial charge on any atom is 0.326 e. The Morgan fingerprint density at radius 1 is 1.60 bits per heavy atom. The number of unbranched alkanes of at least 4 members (excludes halogenated alkanes) is 1. The Labute approximate surface area is 118 Å². The van der Waals surface area contributed by atoms with Crippen molar-refractivity contribution in [2.24, 2.45) is 0 Å². The number of nitrogens with zero attached hydrogens (tertiary/aromatic N) is 2. The highest BCUT2D eigenvalue weighted by molar-refractivity contribution is 5.77. The molecule has 0 fully saturated rings. The van der Waals surface area contributed by atoms with Crippen LogP contribution in [0.5, 0.6) is 0 Å². The third-order valence-corrected chi connectivity index (χ3v) is 3.63. The molecule has 0 bridgehead atoms. The van der Waals surface area contributed by atoms with Gasteiger partial charge in [0, 0.05) is 5.69 Å². The van der Waals surface area contributed by atoms with Crippen LogP contribution in [0.4, 0.5) is 5.82 Å². The molecule has 0 amide bonds. The summed E-state index contributed by atoms with van der Waals surface area (Å²) in [6, 6.07) is 3.27. The molecule has 0 radical (unpaired) electrons. The third kappa shape index (κ3) is 3.08. The van der Waals surface area contributed by atoms with Crippen LogP contribution in [0.15, 0.2) is 6.07 Å². The Kier molecular flexibility index (Phi) is 4.57. The quantitative estimate of drug-likeness (QED) is 0.831. The van der Waals surface area contributed by atoms with Gasteiger partial charge in [0.2, 0.25) is 0 Å². The van der Waals surface area contributed by atoms with E-state index in [0.717, 1.165) is 43.4 Å². The first-order chi connectivity index (χ1) is 9.65. The average Bonchev–Trinajstić information content (AvgIpc) is 2.89. The molecule has 2 rings (SSSR count). The zero-order valence-electron chi connectivity index (χ0n) is 11.6. The van der Waals surface area contributed by atoms with E-state index < -0.39 is 12.0 Å². The molecule has 2 N–H and O–H groups in total. The van der Waals surface area contributed by atoms with Crippen LogP contribution in [0, 0.1) is 11.3 Å². The zero-order chi connectivity index (χ0) is 14.5. The molecule has 0 saturated heterocycles. The zero-order valence-corrected chi connectivity index (χ0v) is 11.6. The molecule has 1 aliphatic carbocycles. The number of aryl methyl sites for hydroxylation is 2. The van der Waals surface area contributed by atoms with E-state index in [4.69, 9.17) is 0 Å². The third-order valence-electron chi connectivity index (χ3n) is 3.63. The lowest BCUT2D eigenvalue weighted by molar-refractivity contribution is -0.138. The van der Waals surface area contributed by atoms with Crippen LogP contribution in [0.25, 0.3) is 0 Å². The molecule has 1 aromatic rings. The SMILES string of the molecule is CCCCC(Nc1nc2c(cc1C#N)CCC2)C(=O)O. The molecule has 5 heteroatoms. The van der Waals surface area contributed by atoms with Gasteiger partial charge in [-0.05, 0) is 37.3 Å². The number of carboxylic acids is 1. The molecular weight excluding hydrogens is 254 g/mol. The molecule has 1 aliphatic rings. The second-order valence-corrected chi connectivity index (χ2v) is 5.13. The first kappa shape index (κ1) is 14.3. The summed E-state index contributed by atoms with van der Waals surface area (Å²) in [7, 11) is 0. The number of fused-ring (bicyclic) bond motifs is 1. The molecule has 1 heterocycles. The molecule has 1 aromatic heterocycles. The number of nitriles is 1. The van der Waals surface area contributed by atoms with Crippen LogP contribution in [0.1, 0.15) is 49.4 Å². The van der Waals surface area contributed by atoms with Crippen LogP contribution in [-0.4, -0.2) is 22.1 Å². The Bertz CT molecular complexity index is 549. The summed E-state index contributed by atoms with van der Waals surface area (Å²) in [6.07, 6.45) is 5.22. The normalized spacial score (nSPS) is 14.4. The number of rotatable bonds is 6. The van der Waals surface area contributed by atoms with Crippen molar-refractivity contribution in [2.45, 2.75) is 51.5 Å². The standard InChI is InChI=1S/C15H19N3O2/c1-2-3-6-13(15(19)20)18-14-11(9-16)8-10-5-4-7-12(10)17-14/h8,13H,2-7H2,1H3,(H,17,18)(H,19,20). The van der Waals surface area contributed by atoms with Gasteiger partial charge in [-0.1, -0.05) is 19.8 Å². The van der Waals surface area contributed by atoms with Gasteiger partial charge in [0.05, 0.1) is 5.56 Å². The van der Waals surface area contributed by atoms with E-state index in [2.05, 4.69) is 16.4 Å². The lowest BCUT2D eigenvalue weighted by Gasteiger charge is -2.16. The first-order valence-electron chi connectivity index (χ1n) is 7.08. The van der Waals surface area contributed by atoms with Crippen molar-refractivity contribution in [3.8, 4) is 6.07 Å². The van der Waals surface area contributed by atoms with Gasteiger partial charge in [0.25, 0.3) is 0 Å². The number of carboxylic acid groups (broad SMARTS) is 1. The van der Waals surface area contributed by atoms with Crippen molar-refractivity contribution >= 4 is 11.8 Å². The number of nitrogens with one attached hydrogen (secondary N) is 1. The Morgan fingerprint density at radius 2 is 2.40 bits per heavy atom. The van der Waals surface area contributed by atoms with E-state index >= 15 is 0 Å². The largest absolute Gasteiger partial charge is 0.480 e. The summed E-state index contributed by atoms with van der Waals surface area (Å²) in [5, 5.41) is 21.4. The molecule has 106 valence electrons. The van der Waals surface area contributed by atoms with Gasteiger partial charge in [-0.25, -0.2) is 9.78 Å². The Morgan fingerprint density at radius 3 is 3.05 bits per heavy atom. The Hall–Kier alpha value is -2.09. The summed E-state index contributed by atoms with van der Waals surface area (Å²) < 4.78 is 0. The highest BCUT2D eigenvalue weighted by Crippen LogP contribution is 2.25. The van der Waals surface area contributed by atoms with E-state index in [1.165, 1.54) is 0 Å². The lowest BCUT2D eigenvalue weighted by Crippen LogP contribution is -2.30. The molecule has 1 atom stereocenters. The maximum absolute atomic E-state index is 11.3. The van der Waals surface area contributed by atoms with Gasteiger partial charge in [-0.2, -0.15) is 5.26 Å². The number of carbonyl (C=O) groups is 1. The number of aliphatic carboxylic acids is 1. The van der Waals surface area contributed by atoms with Crippen LogP contribution in [0.3, 0.4) is 0 Å². The van der Waals surface area contributed by atoms with Crippen molar-refractivity contribution in [2.75, 3.05) is 5.32 Å². The molecule has 5 nitrogen and oxygen atoms in total. The summed E-state index contributed by atoms with van der Waals surface area (Å²) in [5.41, 5.74) is 2.55. The van der Waals surface area contributed by atoms with Gasteiger partial charge >= 0.3 is 5.97 Å². The van der Waals surface area contributed by atoms with Gasteiger partial charge < -0.3 is 10.4 Å². The highest BCUT2D eigenvalue weighted by Gasteiger charge is 2.21. The monoisotopic (exact) mass is 273 g/mol. The molecular formula is C15H19N3O2. The van der Waals surface area contributed by atoms with Crippen LogP contribution < -0.4 is 5.32 Å². The average molecular weight is 273 g/mol. The highest BCUT2D eigenvalue weighted by atomic mass is 16.4. The number of hydrogen-bond acceptors (Lipinski definition) is 4. The number of aromatic nitrogens is 1. The second-order valence-electron chi connectivity index (χ2n) is 5.13. The van der Waals surface area contributed by atoms with Crippen molar-refractivity contribution in [1.82, 2.24) is 4.98 Å². The topological polar surface area (TPSA) is 86.0 Å². The fourth-order valence-corrected chi connectivity index (χ4v) is 2.50. The van der Waals surface area contributed by atoms with Crippen LogP contribution in [-0.2, 0) is 17.6 Å². The molecule has 0 saturated carbocycles. The summed E-state index contributed by atoms with van der Waals surface area (Å²) in [4.78, 5) is 15.7. The lowest BCUT2D eigenvalue weighted by atomic mass is 10.1. The minimum Gasteiger partial charge on any atom is -0.480 e. The van der Waals surface area contributed by atoms with Gasteiger partial charge in [0.1, 0.15) is 17.9 Å². The number of anilines is 1. The van der Waals surface area contributed by atoms with Gasteiger partial charge in [-0.3, -0.25) is 0 Å². The van der Waals surface area contributed by atoms with E-state index in [0.29, 0.717) is 17.8 Å². The summed E-state index contributed by atoms with van der Waals surface area (Å²) in [6.45, 7) is 2.02. The van der Waals surface area contributed by atoms with Crippen molar-refractivity contribution < 1.29 is 9.90 Å². The van der Waals surface area contributed by atoms with E-state index in [9.17, 15) is 15.2 Å². The van der Waals surface area contributed by atoms with Gasteiger partial charge in [-0.15, -0.1) is 0 Å². The predicted octanol–water partition coefficient (Wildman–Crippen LogP) is 2.50. The smallest absolute Gasteiger partial charge is 0.326 e. The molecule has 0 aromatic carbocycles. The first-order valence-corrected chi connectivity index (χ1v) is 7.08. The van der Waals surface area contributed by atoms with E-state index in [1.54, 1.807) is 0 Å². The molecule has 0 spiro atoms. The maximum atomic E-state index is 11.3. The molecule has 0 aliphatic heterocycles. The summed E-state index contributed by atoms with van der Waals surface area (Å²) >= 11 is 0. The minimum absolute atomic E-state index is 0.414. The fraction of sp³-hybridized carbons (Fsp3) is 0.533. The molecule has 20 heavy (non-hydrogen) atoms. The van der Waals surface area contributed by atoms with Crippen LogP contribution in [0.2, 0.25) is 0 Å². The number of pyridine rings is 1. The van der Waals surface area contributed by atoms with Crippen molar-refractivity contribution in [3.63, 3.8) is 0 Å². The van der Waals surface area contributed by atoms with E-state index in [1.807, 2.05) is 13.0 Å². The van der Waals surface area contributed by atoms with E-state index in [-0.39, 0.29) is 0 Å². The van der Waals surface area contributed by atoms with Crippen LogP contribution >= 0.6 is 0 Å². The molecule has 1 unspecified atom stereocenters. The minimum atomic E-state index is -0.898.